The first kappa shape index (κ1) is 5.09. The maximum absolute atomic E-state index is 11.0. The largest absolute Gasteiger partial charge is 0.355 e. The molecule has 1 N–H and O–H groups in total. The minimum absolute atomic E-state index is 0.203. The third-order valence-corrected chi connectivity index (χ3v) is 0.886. The van der Waals surface area contributed by atoms with Gasteiger partial charge in [0, 0.05) is 20.7 Å². The fourth-order valence-corrected chi connectivity index (χ4v) is 0.432. The minimum Gasteiger partial charge on any atom is -0.355 e. The molecule has 0 radical (unpaired) electrons. The van der Waals surface area contributed by atoms with Crippen LogP contribution in [0.1, 0.15) is 11.0 Å². The van der Waals surface area contributed by atoms with Crippen LogP contribution >= 0.6 is 0 Å². The first-order chi connectivity index (χ1) is 5.90. The Labute approximate surface area is 64.7 Å². The van der Waals surface area contributed by atoms with E-state index in [4.69, 9.17) is 8.85 Å². The lowest BCUT2D eigenvalue weighted by atomic mass is 10.6. The molecule has 0 heterocycles. The van der Waals surface area contributed by atoms with Crippen molar-refractivity contribution in [1.82, 2.24) is 5.32 Å². The third-order valence-electron chi connectivity index (χ3n) is 0.886. The highest BCUT2D eigenvalue weighted by molar-refractivity contribution is 5.79. The van der Waals surface area contributed by atoms with Crippen LogP contribution in [0.3, 0.4) is 0 Å². The van der Waals surface area contributed by atoms with Gasteiger partial charge in [-0.15, -0.1) is 0 Å². The van der Waals surface area contributed by atoms with E-state index in [-0.39, 0.29) is 6.61 Å². The normalized spacial score (nSPS) is 18.4. The van der Waals surface area contributed by atoms with E-state index in [1.807, 2.05) is 0 Å². The first-order valence-electron chi connectivity index (χ1n) is 4.41. The van der Waals surface area contributed by atoms with E-state index in [0.29, 0.717) is 0 Å². The lowest BCUT2D eigenvalue weighted by molar-refractivity contribution is -0.163. The van der Waals surface area contributed by atoms with Crippen molar-refractivity contribution in [3.63, 3.8) is 0 Å². The maximum Gasteiger partial charge on any atom is 0.276 e. The molecule has 1 unspecified atom stereocenters. The zero-order valence-corrected chi connectivity index (χ0v) is 6.01. The maximum atomic E-state index is 11.0. The molecule has 0 rings (SSSR count). The zero-order chi connectivity index (χ0) is 10.5. The average Bonchev–Trinajstić information content (AvgIpc) is 2.00. The number of hydrogen-bond donors (Lipinski definition) is 1. The van der Waals surface area contributed by atoms with Gasteiger partial charge in [0.2, 0.25) is 6.29 Å². The Hall–Kier alpha value is -0.610. The molecule has 1 atom stereocenters. The van der Waals surface area contributed by atoms with Gasteiger partial charge in [-0.3, -0.25) is 4.79 Å². The molecular formula is C6H13NO3. The summed E-state index contributed by atoms with van der Waals surface area (Å²) in [4.78, 5) is 11.0. The van der Waals surface area contributed by atoms with Gasteiger partial charge in [-0.25, -0.2) is 0 Å². The van der Waals surface area contributed by atoms with Gasteiger partial charge in [0.1, 0.15) is 0 Å². The summed E-state index contributed by atoms with van der Waals surface area (Å²) < 4.78 is 29.5. The van der Waals surface area contributed by atoms with Crippen molar-refractivity contribution in [2.45, 2.75) is 13.2 Å². The second-order valence-electron chi connectivity index (χ2n) is 1.52. The summed E-state index contributed by atoms with van der Waals surface area (Å²) >= 11 is 0. The zero-order valence-electron chi connectivity index (χ0n) is 9.01. The minimum atomic E-state index is -2.63. The molecule has 0 aliphatic heterocycles. The van der Waals surface area contributed by atoms with Crippen LogP contribution in [0.15, 0.2) is 0 Å². The number of likely N-dealkylation sites (N-methyl/N-ethyl adjacent to an activating group) is 1. The molecule has 10 heavy (non-hydrogen) atoms. The number of carbonyl (C=O) groups excluding carboxylic acids is 1. The Morgan fingerprint density at radius 3 is 3.00 bits per heavy atom. The molecule has 4 nitrogen and oxygen atoms in total. The smallest absolute Gasteiger partial charge is 0.276 e. The van der Waals surface area contributed by atoms with Crippen molar-refractivity contribution in [1.29, 1.82) is 0 Å². The van der Waals surface area contributed by atoms with Gasteiger partial charge < -0.3 is 14.8 Å². The van der Waals surface area contributed by atoms with Crippen molar-refractivity contribution in [2.75, 3.05) is 20.7 Å². The molecule has 0 aliphatic carbocycles. The van der Waals surface area contributed by atoms with Gasteiger partial charge in [0.15, 0.2) is 0 Å². The molecule has 0 saturated carbocycles. The van der Waals surface area contributed by atoms with Crippen LogP contribution in [0.4, 0.5) is 0 Å². The molecule has 0 aliphatic rings. The Morgan fingerprint density at radius 1 is 1.90 bits per heavy atom. The number of ether oxygens (including phenoxy) is 2. The fourth-order valence-electron chi connectivity index (χ4n) is 0.432. The molecular weight excluding hydrogens is 134 g/mol. The van der Waals surface area contributed by atoms with E-state index >= 15 is 0 Å². The molecule has 0 spiro atoms. The van der Waals surface area contributed by atoms with Crippen LogP contribution in [0.25, 0.3) is 0 Å². The van der Waals surface area contributed by atoms with E-state index in [2.05, 4.69) is 10.1 Å². The highest BCUT2D eigenvalue weighted by Gasteiger charge is 2.14. The van der Waals surface area contributed by atoms with Crippen LogP contribution in [0.5, 0.6) is 0 Å². The van der Waals surface area contributed by atoms with Gasteiger partial charge >= 0.3 is 0 Å². The van der Waals surface area contributed by atoms with Crippen LogP contribution in [-0.2, 0) is 14.3 Å². The summed E-state index contributed by atoms with van der Waals surface area (Å²) in [5.41, 5.74) is 0. The quantitative estimate of drug-likeness (QED) is 0.562. The van der Waals surface area contributed by atoms with Gasteiger partial charge in [-0.1, -0.05) is 0 Å². The summed E-state index contributed by atoms with van der Waals surface area (Å²) in [5, 5.41) is 2.23. The summed E-state index contributed by atoms with van der Waals surface area (Å²) in [7, 11) is -1.26. The van der Waals surface area contributed by atoms with Gasteiger partial charge in [0.05, 0.1) is 4.11 Å². The number of nitrogens with one attached hydrogen (secondary N) is 1. The van der Waals surface area contributed by atoms with Crippen molar-refractivity contribution in [3.8, 4) is 0 Å². The predicted octanol–water partition coefficient (Wildman–Crippen LogP) is -0.259. The molecule has 60 valence electrons. The summed E-state index contributed by atoms with van der Waals surface area (Å²) in [6.45, 7) is 1.84. The second-order valence-corrected chi connectivity index (χ2v) is 1.52. The van der Waals surface area contributed by atoms with E-state index < -0.39 is 19.2 Å². The van der Waals surface area contributed by atoms with Crippen LogP contribution in [-0.4, -0.2) is 32.9 Å². The van der Waals surface area contributed by atoms with E-state index in [9.17, 15) is 4.79 Å². The molecule has 0 fully saturated rings. The average molecular weight is 150 g/mol. The summed E-state index contributed by atoms with van der Waals surface area (Å²) in [5.74, 6) is -0.613. The van der Waals surface area contributed by atoms with Crippen LogP contribution in [0, 0.1) is 0 Å². The Balaban J connectivity index is 4.17. The van der Waals surface area contributed by atoms with Crippen LogP contribution in [0.2, 0.25) is 0 Å². The van der Waals surface area contributed by atoms with Gasteiger partial charge in [-0.05, 0) is 6.92 Å². The van der Waals surface area contributed by atoms with Crippen molar-refractivity contribution in [3.05, 3.63) is 0 Å². The number of amides is 1. The highest BCUT2D eigenvalue weighted by Crippen LogP contribution is 1.91. The van der Waals surface area contributed by atoms with E-state index in [1.165, 1.54) is 7.05 Å². The first-order valence-corrected chi connectivity index (χ1v) is 2.91. The molecule has 1 amide bonds. The Kier molecular flexibility index (Phi) is 2.65. The highest BCUT2D eigenvalue weighted by atomic mass is 16.7. The summed E-state index contributed by atoms with van der Waals surface area (Å²) in [6.07, 6.45) is -1.37. The van der Waals surface area contributed by atoms with Gasteiger partial charge in [-0.2, -0.15) is 0 Å². The molecule has 0 bridgehead atoms. The standard InChI is InChI=1S/C6H13NO3/c1-4-10-6(9-3)5(8)7-2/h6H,4H2,1-3H3,(H,7,8)/i3D3. The SMILES string of the molecule is [2H]C([2H])([2H])OC(OCC)C(=O)NC. The van der Waals surface area contributed by atoms with E-state index in [0.717, 1.165) is 0 Å². The second kappa shape index (κ2) is 5.20. The predicted molar refractivity (Wildman–Crippen MR) is 36.5 cm³/mol. The number of hydrogen-bond acceptors (Lipinski definition) is 3. The number of rotatable bonds is 4. The van der Waals surface area contributed by atoms with Crippen molar-refractivity contribution in [2.24, 2.45) is 0 Å². The van der Waals surface area contributed by atoms with Crippen molar-refractivity contribution < 1.29 is 18.4 Å². The summed E-state index contributed by atoms with van der Waals surface area (Å²) in [6, 6.07) is 0. The van der Waals surface area contributed by atoms with Crippen molar-refractivity contribution >= 4 is 5.91 Å². The topological polar surface area (TPSA) is 47.6 Å². The lowest BCUT2D eigenvalue weighted by Gasteiger charge is -2.12. The lowest BCUT2D eigenvalue weighted by Crippen LogP contribution is -2.35. The molecule has 0 aromatic carbocycles. The monoisotopic (exact) mass is 150 g/mol. The fraction of sp³-hybridized carbons (Fsp3) is 0.833. The Bertz CT molecular complexity index is 171. The third kappa shape index (κ3) is 2.80. The Morgan fingerprint density at radius 2 is 2.60 bits per heavy atom. The molecule has 0 aromatic rings. The van der Waals surface area contributed by atoms with Crippen LogP contribution < -0.4 is 5.32 Å². The molecule has 4 heteroatoms. The number of carbonyl (C=O) groups is 1. The van der Waals surface area contributed by atoms with Gasteiger partial charge in [0.25, 0.3) is 5.91 Å². The molecule has 0 aromatic heterocycles. The molecule has 0 saturated heterocycles. The van der Waals surface area contributed by atoms with E-state index in [1.54, 1.807) is 6.92 Å². The number of methoxy groups -OCH3 is 1.